The van der Waals surface area contributed by atoms with Crippen LogP contribution in [0.2, 0.25) is 0 Å². The van der Waals surface area contributed by atoms with E-state index >= 15 is 0 Å². The van der Waals surface area contributed by atoms with Crippen molar-refractivity contribution >= 4 is 0 Å². The molecule has 2 atom stereocenters. The van der Waals surface area contributed by atoms with Gasteiger partial charge in [0.05, 0.1) is 12.2 Å². The molecule has 0 N–H and O–H groups in total. The lowest BCUT2D eigenvalue weighted by Gasteiger charge is -2.01. The zero-order valence-corrected chi connectivity index (χ0v) is 11.2. The van der Waals surface area contributed by atoms with E-state index in [0.29, 0.717) is 12.2 Å². The number of ether oxygens (including phenoxy) is 1. The van der Waals surface area contributed by atoms with Crippen LogP contribution in [0.4, 0.5) is 0 Å². The van der Waals surface area contributed by atoms with E-state index in [1.165, 1.54) is 77.0 Å². The summed E-state index contributed by atoms with van der Waals surface area (Å²) >= 11 is 0. The van der Waals surface area contributed by atoms with Gasteiger partial charge in [0, 0.05) is 0 Å². The molecule has 2 aliphatic rings. The van der Waals surface area contributed by atoms with Gasteiger partial charge in [-0.15, -0.1) is 0 Å². The minimum absolute atomic E-state index is 0.641. The van der Waals surface area contributed by atoms with E-state index in [1.54, 1.807) is 0 Å². The fourth-order valence-electron chi connectivity index (χ4n) is 2.85. The Bertz CT molecular complexity index is 200. The lowest BCUT2D eigenvalue weighted by Crippen LogP contribution is -1.95. The molecule has 0 aromatic heterocycles. The van der Waals surface area contributed by atoms with E-state index in [2.05, 4.69) is 12.2 Å². The Morgan fingerprint density at radius 3 is 1.59 bits per heavy atom. The van der Waals surface area contributed by atoms with Crippen LogP contribution in [-0.4, -0.2) is 12.2 Å². The lowest BCUT2D eigenvalue weighted by atomic mass is 10.0. The second-order valence-corrected chi connectivity index (χ2v) is 5.67. The number of epoxide rings is 1. The molecule has 2 rings (SSSR count). The third kappa shape index (κ3) is 5.72. The molecule has 1 saturated heterocycles. The molecule has 0 radical (unpaired) electrons. The molecule has 1 aliphatic carbocycles. The molecular formula is C16H28O. The summed E-state index contributed by atoms with van der Waals surface area (Å²) in [6.45, 7) is 0. The van der Waals surface area contributed by atoms with Crippen molar-refractivity contribution < 1.29 is 4.74 Å². The monoisotopic (exact) mass is 236 g/mol. The van der Waals surface area contributed by atoms with Crippen molar-refractivity contribution in [2.24, 2.45) is 0 Å². The fraction of sp³-hybridized carbons (Fsp3) is 0.875. The first-order valence-corrected chi connectivity index (χ1v) is 7.77. The smallest absolute Gasteiger partial charge is 0.0841 e. The fourth-order valence-corrected chi connectivity index (χ4v) is 2.85. The Morgan fingerprint density at radius 2 is 1.06 bits per heavy atom. The molecule has 1 heteroatoms. The molecule has 0 unspecified atom stereocenters. The van der Waals surface area contributed by atoms with Crippen LogP contribution in [0.5, 0.6) is 0 Å². The van der Waals surface area contributed by atoms with Gasteiger partial charge in [0.25, 0.3) is 0 Å². The molecule has 17 heavy (non-hydrogen) atoms. The maximum atomic E-state index is 5.73. The quantitative estimate of drug-likeness (QED) is 0.425. The standard InChI is InChI=1S/C16H28O/c1-2-4-6-8-10-12-14-16-15(17-16)13-11-9-7-5-3-1/h1-2,15-16H,3-14H2/b2-1-/t15-,16-/m1/s1. The average molecular weight is 236 g/mol. The van der Waals surface area contributed by atoms with Gasteiger partial charge in [0.1, 0.15) is 0 Å². The van der Waals surface area contributed by atoms with Gasteiger partial charge in [-0.05, 0) is 38.5 Å². The third-order valence-electron chi connectivity index (χ3n) is 4.07. The predicted octanol–water partition coefficient (Wildman–Crippen LogP) is 5.00. The Hall–Kier alpha value is -0.300. The summed E-state index contributed by atoms with van der Waals surface area (Å²) in [7, 11) is 0. The maximum Gasteiger partial charge on any atom is 0.0841 e. The maximum absolute atomic E-state index is 5.73. The molecule has 1 fully saturated rings. The molecule has 0 aromatic carbocycles. The summed E-state index contributed by atoms with van der Waals surface area (Å²) in [4.78, 5) is 0. The summed E-state index contributed by atoms with van der Waals surface area (Å²) in [5, 5.41) is 0. The SMILES string of the molecule is C1=C\CCCCCC[C@H]2O[C@@H]2CCCCCC/1. The minimum Gasteiger partial charge on any atom is -0.370 e. The average Bonchev–Trinajstić information content (AvgIpc) is 3.07. The number of fused-ring (bicyclic) bond motifs is 1. The third-order valence-corrected chi connectivity index (χ3v) is 4.07. The predicted molar refractivity (Wildman–Crippen MR) is 73.2 cm³/mol. The summed E-state index contributed by atoms with van der Waals surface area (Å²) in [5.74, 6) is 0. The molecule has 1 aliphatic heterocycles. The molecule has 0 bridgehead atoms. The first kappa shape index (κ1) is 13.1. The van der Waals surface area contributed by atoms with E-state index in [1.807, 2.05) is 0 Å². The molecule has 0 spiro atoms. The van der Waals surface area contributed by atoms with Crippen molar-refractivity contribution in [3.8, 4) is 0 Å². The minimum atomic E-state index is 0.641. The summed E-state index contributed by atoms with van der Waals surface area (Å²) < 4.78 is 5.73. The molecule has 0 saturated carbocycles. The van der Waals surface area contributed by atoms with Crippen LogP contribution in [0.3, 0.4) is 0 Å². The molecule has 0 amide bonds. The Labute approximate surface area is 107 Å². The van der Waals surface area contributed by atoms with Crippen LogP contribution < -0.4 is 0 Å². The normalized spacial score (nSPS) is 34.8. The van der Waals surface area contributed by atoms with E-state index in [4.69, 9.17) is 4.74 Å². The van der Waals surface area contributed by atoms with Gasteiger partial charge < -0.3 is 4.74 Å². The van der Waals surface area contributed by atoms with Crippen molar-refractivity contribution in [2.75, 3.05) is 0 Å². The first-order valence-electron chi connectivity index (χ1n) is 7.77. The molecular weight excluding hydrogens is 208 g/mol. The van der Waals surface area contributed by atoms with Crippen molar-refractivity contribution in [1.82, 2.24) is 0 Å². The molecule has 98 valence electrons. The zero-order chi connectivity index (χ0) is 11.8. The first-order chi connectivity index (χ1) is 8.47. The highest BCUT2D eigenvalue weighted by atomic mass is 16.6. The van der Waals surface area contributed by atoms with Gasteiger partial charge in [-0.2, -0.15) is 0 Å². The van der Waals surface area contributed by atoms with E-state index in [-0.39, 0.29) is 0 Å². The Morgan fingerprint density at radius 1 is 0.588 bits per heavy atom. The van der Waals surface area contributed by atoms with Gasteiger partial charge in [-0.25, -0.2) is 0 Å². The highest BCUT2D eigenvalue weighted by Gasteiger charge is 2.36. The van der Waals surface area contributed by atoms with Gasteiger partial charge in [-0.3, -0.25) is 0 Å². The van der Waals surface area contributed by atoms with Crippen LogP contribution in [0.15, 0.2) is 12.2 Å². The second kappa shape index (κ2) is 7.92. The second-order valence-electron chi connectivity index (χ2n) is 5.67. The van der Waals surface area contributed by atoms with Gasteiger partial charge in [0.2, 0.25) is 0 Å². The van der Waals surface area contributed by atoms with Gasteiger partial charge in [0.15, 0.2) is 0 Å². The van der Waals surface area contributed by atoms with Gasteiger partial charge in [-0.1, -0.05) is 50.7 Å². The highest BCUT2D eigenvalue weighted by molar-refractivity contribution is 4.85. The van der Waals surface area contributed by atoms with E-state index in [0.717, 1.165) is 0 Å². The largest absolute Gasteiger partial charge is 0.370 e. The molecule has 0 aromatic rings. The van der Waals surface area contributed by atoms with Crippen LogP contribution >= 0.6 is 0 Å². The number of hydrogen-bond donors (Lipinski definition) is 0. The molecule has 1 nitrogen and oxygen atoms in total. The van der Waals surface area contributed by atoms with Crippen molar-refractivity contribution in [3.05, 3.63) is 12.2 Å². The van der Waals surface area contributed by atoms with Crippen LogP contribution in [-0.2, 0) is 4.74 Å². The number of allylic oxidation sites excluding steroid dienone is 2. The summed E-state index contributed by atoms with van der Waals surface area (Å²) in [5.41, 5.74) is 0. The Balaban J connectivity index is 1.63. The summed E-state index contributed by atoms with van der Waals surface area (Å²) in [6, 6.07) is 0. The van der Waals surface area contributed by atoms with Crippen molar-refractivity contribution in [2.45, 2.75) is 89.3 Å². The van der Waals surface area contributed by atoms with Crippen molar-refractivity contribution in [3.63, 3.8) is 0 Å². The van der Waals surface area contributed by atoms with E-state index in [9.17, 15) is 0 Å². The van der Waals surface area contributed by atoms with E-state index < -0.39 is 0 Å². The highest BCUT2D eigenvalue weighted by Crippen LogP contribution is 2.31. The van der Waals surface area contributed by atoms with Crippen LogP contribution in [0.1, 0.15) is 77.0 Å². The topological polar surface area (TPSA) is 12.5 Å². The molecule has 1 heterocycles. The number of rotatable bonds is 0. The van der Waals surface area contributed by atoms with Crippen molar-refractivity contribution in [1.29, 1.82) is 0 Å². The van der Waals surface area contributed by atoms with Gasteiger partial charge >= 0.3 is 0 Å². The lowest BCUT2D eigenvalue weighted by molar-refractivity contribution is 0.348. The summed E-state index contributed by atoms with van der Waals surface area (Å²) in [6.07, 6.45) is 22.4. The van der Waals surface area contributed by atoms with Crippen LogP contribution in [0.25, 0.3) is 0 Å². The Kier molecular flexibility index (Phi) is 6.12. The zero-order valence-electron chi connectivity index (χ0n) is 11.2. The number of hydrogen-bond acceptors (Lipinski definition) is 1. The van der Waals surface area contributed by atoms with Crippen LogP contribution in [0, 0.1) is 0 Å².